The highest BCUT2D eigenvalue weighted by molar-refractivity contribution is 5.90. The number of nitriles is 1. The maximum Gasteiger partial charge on any atom is 0.135 e. The van der Waals surface area contributed by atoms with Gasteiger partial charge in [-0.1, -0.05) is 12.1 Å². The van der Waals surface area contributed by atoms with Crippen molar-refractivity contribution < 1.29 is 0 Å². The van der Waals surface area contributed by atoms with Crippen LogP contribution in [-0.4, -0.2) is 42.7 Å². The van der Waals surface area contributed by atoms with Crippen LogP contribution in [0, 0.1) is 11.3 Å². The zero-order chi connectivity index (χ0) is 19.8. The van der Waals surface area contributed by atoms with Crippen LogP contribution in [0.5, 0.6) is 0 Å². The van der Waals surface area contributed by atoms with Crippen molar-refractivity contribution in [1.29, 1.82) is 5.26 Å². The van der Waals surface area contributed by atoms with Gasteiger partial charge in [-0.05, 0) is 31.0 Å². The van der Waals surface area contributed by atoms with E-state index in [1.165, 1.54) is 0 Å². The van der Waals surface area contributed by atoms with Crippen molar-refractivity contribution in [1.82, 2.24) is 29.6 Å². The number of aryl methyl sites for hydroxylation is 1. The lowest BCUT2D eigenvalue weighted by Crippen LogP contribution is -2.34. The van der Waals surface area contributed by atoms with Crippen molar-refractivity contribution in [2.45, 2.75) is 18.8 Å². The molecule has 29 heavy (non-hydrogen) atoms. The Morgan fingerprint density at radius 2 is 1.93 bits per heavy atom. The van der Waals surface area contributed by atoms with E-state index in [-0.39, 0.29) is 0 Å². The van der Waals surface area contributed by atoms with Crippen LogP contribution in [0.2, 0.25) is 0 Å². The Balaban J connectivity index is 1.52. The maximum absolute atomic E-state index is 9.79. The third-order valence-electron chi connectivity index (χ3n) is 5.67. The molecule has 4 aromatic rings. The molecular formula is C21H20N8. The molecule has 1 fully saturated rings. The normalized spacial score (nSPS) is 15.0. The van der Waals surface area contributed by atoms with Gasteiger partial charge in [0.15, 0.2) is 0 Å². The number of aromatic nitrogens is 6. The molecule has 1 aliphatic rings. The molecule has 3 aromatic heterocycles. The first kappa shape index (κ1) is 17.4. The minimum atomic E-state index is 0.387. The van der Waals surface area contributed by atoms with Gasteiger partial charge in [-0.3, -0.25) is 0 Å². The predicted octanol–water partition coefficient (Wildman–Crippen LogP) is 2.78. The van der Waals surface area contributed by atoms with Gasteiger partial charge >= 0.3 is 0 Å². The first-order valence-corrected chi connectivity index (χ1v) is 9.67. The fourth-order valence-electron chi connectivity index (χ4n) is 4.26. The predicted molar refractivity (Wildman–Crippen MR) is 108 cm³/mol. The Bertz CT molecular complexity index is 1210. The average molecular weight is 384 g/mol. The second-order valence-electron chi connectivity index (χ2n) is 7.33. The van der Waals surface area contributed by atoms with Crippen LogP contribution in [-0.2, 0) is 7.05 Å². The van der Waals surface area contributed by atoms with Crippen LogP contribution in [0.4, 0.5) is 5.69 Å². The van der Waals surface area contributed by atoms with Crippen LogP contribution in [0.1, 0.15) is 30.1 Å². The fraction of sp³-hybridized carbons (Fsp3) is 0.286. The monoisotopic (exact) mass is 384 g/mol. The molecule has 0 radical (unpaired) electrons. The van der Waals surface area contributed by atoms with E-state index in [4.69, 9.17) is 0 Å². The van der Waals surface area contributed by atoms with Crippen LogP contribution < -0.4 is 4.90 Å². The van der Waals surface area contributed by atoms with Crippen LogP contribution in [0.25, 0.3) is 16.6 Å². The third-order valence-corrected chi connectivity index (χ3v) is 5.67. The van der Waals surface area contributed by atoms with Crippen LogP contribution in [0.3, 0.4) is 0 Å². The number of rotatable bonds is 3. The summed E-state index contributed by atoms with van der Waals surface area (Å²) in [5.41, 5.74) is 4.59. The molecule has 0 atom stereocenters. The van der Waals surface area contributed by atoms with Gasteiger partial charge in [0.1, 0.15) is 18.2 Å². The summed E-state index contributed by atoms with van der Waals surface area (Å²) in [6, 6.07) is 12.2. The van der Waals surface area contributed by atoms with Gasteiger partial charge in [0.2, 0.25) is 0 Å². The molecule has 5 rings (SSSR count). The van der Waals surface area contributed by atoms with Gasteiger partial charge in [0, 0.05) is 43.4 Å². The summed E-state index contributed by atoms with van der Waals surface area (Å²) in [6.07, 6.45) is 7.25. The quantitative estimate of drug-likeness (QED) is 0.540. The first-order chi connectivity index (χ1) is 14.3. The lowest BCUT2D eigenvalue weighted by Gasteiger charge is -2.34. The third kappa shape index (κ3) is 2.91. The van der Waals surface area contributed by atoms with E-state index in [0.29, 0.717) is 11.5 Å². The molecule has 0 bridgehead atoms. The molecule has 0 unspecified atom stereocenters. The Morgan fingerprint density at radius 1 is 1.07 bits per heavy atom. The lowest BCUT2D eigenvalue weighted by atomic mass is 9.93. The van der Waals surface area contributed by atoms with Gasteiger partial charge in [-0.25, -0.2) is 0 Å². The van der Waals surface area contributed by atoms with Crippen molar-refractivity contribution in [3.8, 4) is 17.2 Å². The molecule has 4 heterocycles. The van der Waals surface area contributed by atoms with E-state index < -0.39 is 0 Å². The molecule has 144 valence electrons. The second-order valence-corrected chi connectivity index (χ2v) is 7.33. The number of anilines is 1. The first-order valence-electron chi connectivity index (χ1n) is 9.67. The zero-order valence-electron chi connectivity index (χ0n) is 16.1. The number of hydrogen-bond acceptors (Lipinski definition) is 6. The molecule has 0 spiro atoms. The minimum Gasteiger partial charge on any atom is -0.370 e. The number of benzene rings is 1. The SMILES string of the molecule is Cn1cnnc1C1CCN(c2c(C#N)cccc2-c2cnn3ncccc23)CC1. The summed E-state index contributed by atoms with van der Waals surface area (Å²) in [6.45, 7) is 1.72. The Hall–Kier alpha value is -3.73. The Morgan fingerprint density at radius 3 is 2.69 bits per heavy atom. The molecule has 0 saturated carbocycles. The van der Waals surface area contributed by atoms with Gasteiger partial charge < -0.3 is 9.47 Å². The number of piperidine rings is 1. The summed E-state index contributed by atoms with van der Waals surface area (Å²) >= 11 is 0. The molecular weight excluding hydrogens is 364 g/mol. The van der Waals surface area contributed by atoms with Crippen molar-refractivity contribution in [3.05, 3.63) is 60.4 Å². The van der Waals surface area contributed by atoms with Crippen molar-refractivity contribution in [2.24, 2.45) is 7.05 Å². The molecule has 0 aliphatic carbocycles. The number of fused-ring (bicyclic) bond motifs is 1. The summed E-state index contributed by atoms with van der Waals surface area (Å²) < 4.78 is 3.62. The highest BCUT2D eigenvalue weighted by Gasteiger charge is 2.27. The van der Waals surface area contributed by atoms with Gasteiger partial charge in [-0.15, -0.1) is 10.2 Å². The molecule has 1 saturated heterocycles. The smallest absolute Gasteiger partial charge is 0.135 e. The van der Waals surface area contributed by atoms with Crippen molar-refractivity contribution in [3.63, 3.8) is 0 Å². The number of nitrogens with zero attached hydrogens (tertiary/aromatic N) is 8. The van der Waals surface area contributed by atoms with E-state index in [9.17, 15) is 5.26 Å². The lowest BCUT2D eigenvalue weighted by molar-refractivity contribution is 0.474. The van der Waals surface area contributed by atoms with Crippen molar-refractivity contribution in [2.75, 3.05) is 18.0 Å². The average Bonchev–Trinajstić information content (AvgIpc) is 3.39. The standard InChI is InChI=1S/C21H20N8/c1-27-14-23-26-21(27)15-7-10-28(11-8-15)20-16(12-22)4-2-5-17(20)18-13-25-29-19(18)6-3-9-24-29/h2-6,9,13-15H,7-8,10-11H2,1H3. The largest absolute Gasteiger partial charge is 0.370 e. The molecule has 0 amide bonds. The zero-order valence-corrected chi connectivity index (χ0v) is 16.1. The van der Waals surface area contributed by atoms with E-state index >= 15 is 0 Å². The maximum atomic E-state index is 9.79. The van der Waals surface area contributed by atoms with Crippen LogP contribution in [0.15, 0.2) is 49.1 Å². The molecule has 8 nitrogen and oxygen atoms in total. The number of hydrogen-bond donors (Lipinski definition) is 0. The van der Waals surface area contributed by atoms with E-state index in [0.717, 1.165) is 54.1 Å². The van der Waals surface area contributed by atoms with E-state index in [1.807, 2.05) is 42.1 Å². The topological polar surface area (TPSA) is 87.9 Å². The van der Waals surface area contributed by atoms with E-state index in [1.54, 1.807) is 17.2 Å². The minimum absolute atomic E-state index is 0.387. The van der Waals surface area contributed by atoms with E-state index in [2.05, 4.69) is 37.4 Å². The summed E-state index contributed by atoms with van der Waals surface area (Å²) in [4.78, 5) is 2.32. The highest BCUT2D eigenvalue weighted by atomic mass is 15.4. The summed E-state index contributed by atoms with van der Waals surface area (Å²) in [5.74, 6) is 1.42. The molecule has 0 N–H and O–H groups in total. The molecule has 1 aliphatic heterocycles. The fourth-order valence-corrected chi connectivity index (χ4v) is 4.26. The van der Waals surface area contributed by atoms with Crippen molar-refractivity contribution >= 4 is 11.2 Å². The van der Waals surface area contributed by atoms with Gasteiger partial charge in [0.05, 0.1) is 23.0 Å². The van der Waals surface area contributed by atoms with Gasteiger partial charge in [-0.2, -0.15) is 20.1 Å². The number of para-hydroxylation sites is 1. The Labute approximate surface area is 168 Å². The second kappa shape index (κ2) is 7.02. The van der Waals surface area contributed by atoms with Gasteiger partial charge in [0.25, 0.3) is 0 Å². The highest BCUT2D eigenvalue weighted by Crippen LogP contribution is 2.38. The molecule has 8 heteroatoms. The van der Waals surface area contributed by atoms with Crippen LogP contribution >= 0.6 is 0 Å². The summed E-state index contributed by atoms with van der Waals surface area (Å²) in [5, 5.41) is 26.7. The Kier molecular flexibility index (Phi) is 4.21. The molecule has 1 aromatic carbocycles. The summed E-state index contributed by atoms with van der Waals surface area (Å²) in [7, 11) is 1.99.